The highest BCUT2D eigenvalue weighted by Crippen LogP contribution is 2.44. The normalized spacial score (nSPS) is 28.7. The number of rotatable bonds is 5. The molecule has 0 radical (unpaired) electrons. The van der Waals surface area contributed by atoms with E-state index in [0.717, 1.165) is 12.0 Å². The first-order valence-corrected chi connectivity index (χ1v) is 9.72. The minimum Gasteiger partial charge on any atom is -0.384 e. The molecule has 2 aliphatic heterocycles. The molecule has 150 valence electrons. The average Bonchev–Trinajstić information content (AvgIpc) is 2.67. The van der Waals surface area contributed by atoms with E-state index in [1.165, 1.54) is 12.1 Å². The van der Waals surface area contributed by atoms with Gasteiger partial charge in [-0.2, -0.15) is 0 Å². The monoisotopic (exact) mass is 379 g/mol. The molecule has 0 N–H and O–H groups in total. The van der Waals surface area contributed by atoms with Gasteiger partial charge in [-0.1, -0.05) is 26.0 Å². The molecule has 3 rings (SSSR count). The fraction of sp³-hybridized carbons (Fsp3) is 0.667. The van der Waals surface area contributed by atoms with Gasteiger partial charge < -0.3 is 19.1 Å². The van der Waals surface area contributed by atoms with E-state index in [4.69, 9.17) is 14.2 Å². The molecule has 1 aromatic carbocycles. The molecule has 6 heteroatoms. The fourth-order valence-electron chi connectivity index (χ4n) is 4.16. The van der Waals surface area contributed by atoms with Gasteiger partial charge in [0.15, 0.2) is 0 Å². The van der Waals surface area contributed by atoms with Gasteiger partial charge in [-0.3, -0.25) is 4.79 Å². The van der Waals surface area contributed by atoms with Gasteiger partial charge in [0.1, 0.15) is 11.4 Å². The lowest BCUT2D eigenvalue weighted by Crippen LogP contribution is -2.59. The van der Waals surface area contributed by atoms with Crippen LogP contribution in [0.2, 0.25) is 0 Å². The van der Waals surface area contributed by atoms with Crippen LogP contribution in [-0.4, -0.2) is 56.4 Å². The summed E-state index contributed by atoms with van der Waals surface area (Å²) in [6.07, 6.45) is 1.12. The largest absolute Gasteiger partial charge is 0.384 e. The molecule has 0 aromatic heterocycles. The third-order valence-electron chi connectivity index (χ3n) is 5.70. The molecular weight excluding hydrogens is 349 g/mol. The van der Waals surface area contributed by atoms with E-state index in [-0.39, 0.29) is 23.7 Å². The van der Waals surface area contributed by atoms with E-state index in [1.807, 2.05) is 4.90 Å². The number of benzene rings is 1. The summed E-state index contributed by atoms with van der Waals surface area (Å²) in [5.41, 5.74) is 0.528. The number of morpholine rings is 1. The molecule has 2 heterocycles. The number of carbonyl (C=O) groups is 1. The summed E-state index contributed by atoms with van der Waals surface area (Å²) in [5, 5.41) is 0. The maximum absolute atomic E-state index is 13.3. The van der Waals surface area contributed by atoms with Crippen LogP contribution in [0, 0.1) is 17.7 Å². The quantitative estimate of drug-likeness (QED) is 0.788. The molecule has 3 atom stereocenters. The summed E-state index contributed by atoms with van der Waals surface area (Å²) in [6, 6.07) is 6.56. The standard InChI is InChI=1S/C21H30FNO4/c1-15(2)18-12-21(13-23(9-11-27-21)19(24)8-10-25-3)14-26-20(18)16-4-6-17(22)7-5-16/h4-7,15,18,20H,8-14H2,1-3H3/t18-,20-,21-/m0/s1. The highest BCUT2D eigenvalue weighted by Gasteiger charge is 2.47. The fourth-order valence-corrected chi connectivity index (χ4v) is 4.16. The highest BCUT2D eigenvalue weighted by molar-refractivity contribution is 5.76. The number of hydrogen-bond donors (Lipinski definition) is 0. The van der Waals surface area contributed by atoms with E-state index < -0.39 is 5.60 Å². The van der Waals surface area contributed by atoms with Crippen LogP contribution in [0.1, 0.15) is 38.4 Å². The number of carbonyl (C=O) groups excluding carboxylic acids is 1. The summed E-state index contributed by atoms with van der Waals surface area (Å²) in [5.74, 6) is 0.466. The van der Waals surface area contributed by atoms with Crippen LogP contribution >= 0.6 is 0 Å². The van der Waals surface area contributed by atoms with E-state index >= 15 is 0 Å². The number of methoxy groups -OCH3 is 1. The van der Waals surface area contributed by atoms with Crippen LogP contribution in [0.5, 0.6) is 0 Å². The van der Waals surface area contributed by atoms with Crippen molar-refractivity contribution < 1.29 is 23.4 Å². The second-order valence-electron chi connectivity index (χ2n) is 7.98. The molecule has 1 aromatic rings. The predicted octanol–water partition coefficient (Wildman–Crippen LogP) is 3.19. The van der Waals surface area contributed by atoms with Crippen molar-refractivity contribution in [3.05, 3.63) is 35.6 Å². The van der Waals surface area contributed by atoms with E-state index in [0.29, 0.717) is 45.2 Å². The summed E-state index contributed by atoms with van der Waals surface area (Å²) >= 11 is 0. The van der Waals surface area contributed by atoms with Gasteiger partial charge in [0.05, 0.1) is 38.9 Å². The van der Waals surface area contributed by atoms with Crippen LogP contribution in [-0.2, 0) is 19.0 Å². The lowest BCUT2D eigenvalue weighted by Gasteiger charge is -2.50. The Morgan fingerprint density at radius 1 is 1.37 bits per heavy atom. The third kappa shape index (κ3) is 4.68. The molecule has 2 fully saturated rings. The topological polar surface area (TPSA) is 48.0 Å². The molecule has 2 aliphatic rings. The van der Waals surface area contributed by atoms with E-state index in [2.05, 4.69) is 13.8 Å². The van der Waals surface area contributed by atoms with Crippen LogP contribution in [0.25, 0.3) is 0 Å². The first-order chi connectivity index (χ1) is 12.9. The summed E-state index contributed by atoms with van der Waals surface area (Å²) in [6.45, 7) is 6.90. The Balaban J connectivity index is 1.73. The molecule has 27 heavy (non-hydrogen) atoms. The second kappa shape index (κ2) is 8.67. The summed E-state index contributed by atoms with van der Waals surface area (Å²) in [7, 11) is 1.60. The molecule has 0 saturated carbocycles. The van der Waals surface area contributed by atoms with Crippen LogP contribution in [0.4, 0.5) is 4.39 Å². The number of hydrogen-bond acceptors (Lipinski definition) is 4. The predicted molar refractivity (Wildman–Crippen MR) is 99.8 cm³/mol. The van der Waals surface area contributed by atoms with Crippen molar-refractivity contribution in [2.24, 2.45) is 11.8 Å². The Kier molecular flexibility index (Phi) is 6.50. The van der Waals surface area contributed by atoms with Gasteiger partial charge in [0.25, 0.3) is 0 Å². The van der Waals surface area contributed by atoms with Gasteiger partial charge in [0.2, 0.25) is 5.91 Å². The van der Waals surface area contributed by atoms with Crippen molar-refractivity contribution in [1.82, 2.24) is 4.90 Å². The maximum atomic E-state index is 13.3. The second-order valence-corrected chi connectivity index (χ2v) is 7.98. The Morgan fingerprint density at radius 2 is 2.11 bits per heavy atom. The van der Waals surface area contributed by atoms with Gasteiger partial charge in [0, 0.05) is 13.7 Å². The number of nitrogens with zero attached hydrogens (tertiary/aromatic N) is 1. The number of amides is 1. The Bertz CT molecular complexity index is 636. The van der Waals surface area contributed by atoms with Gasteiger partial charge in [-0.25, -0.2) is 4.39 Å². The Labute approximate surface area is 160 Å². The SMILES string of the molecule is COCCC(=O)N1CCO[C@]2(CO[C@@H](c3ccc(F)cc3)[C@H](C(C)C)C2)C1. The number of halogens is 1. The zero-order chi connectivity index (χ0) is 19.4. The van der Waals surface area contributed by atoms with Crippen molar-refractivity contribution in [2.45, 2.75) is 38.4 Å². The van der Waals surface area contributed by atoms with Crippen molar-refractivity contribution in [3.63, 3.8) is 0 Å². The van der Waals surface area contributed by atoms with Gasteiger partial charge in [-0.05, 0) is 36.0 Å². The maximum Gasteiger partial charge on any atom is 0.225 e. The molecule has 1 spiro atoms. The Morgan fingerprint density at radius 3 is 2.78 bits per heavy atom. The minimum atomic E-state index is -0.466. The first kappa shape index (κ1) is 20.2. The molecule has 1 amide bonds. The zero-order valence-electron chi connectivity index (χ0n) is 16.4. The molecule has 0 unspecified atom stereocenters. The van der Waals surface area contributed by atoms with Crippen molar-refractivity contribution >= 4 is 5.91 Å². The highest BCUT2D eigenvalue weighted by atomic mass is 19.1. The van der Waals surface area contributed by atoms with Crippen LogP contribution in [0.3, 0.4) is 0 Å². The van der Waals surface area contributed by atoms with Crippen molar-refractivity contribution in [3.8, 4) is 0 Å². The minimum absolute atomic E-state index is 0.0839. The van der Waals surface area contributed by atoms with Crippen molar-refractivity contribution in [2.75, 3.05) is 40.0 Å². The van der Waals surface area contributed by atoms with Crippen LogP contribution in [0.15, 0.2) is 24.3 Å². The van der Waals surface area contributed by atoms with E-state index in [9.17, 15) is 9.18 Å². The lowest BCUT2D eigenvalue weighted by atomic mass is 9.75. The summed E-state index contributed by atoms with van der Waals surface area (Å²) < 4.78 is 30.8. The van der Waals surface area contributed by atoms with Gasteiger partial charge in [-0.15, -0.1) is 0 Å². The lowest BCUT2D eigenvalue weighted by molar-refractivity contribution is -0.211. The van der Waals surface area contributed by atoms with E-state index in [1.54, 1.807) is 19.2 Å². The molecular formula is C21H30FNO4. The number of ether oxygens (including phenoxy) is 3. The van der Waals surface area contributed by atoms with Crippen molar-refractivity contribution in [1.29, 1.82) is 0 Å². The smallest absolute Gasteiger partial charge is 0.225 e. The summed E-state index contributed by atoms with van der Waals surface area (Å²) in [4.78, 5) is 14.3. The molecule has 0 aliphatic carbocycles. The first-order valence-electron chi connectivity index (χ1n) is 9.72. The third-order valence-corrected chi connectivity index (χ3v) is 5.70. The zero-order valence-corrected chi connectivity index (χ0v) is 16.4. The average molecular weight is 379 g/mol. The van der Waals surface area contributed by atoms with Gasteiger partial charge >= 0.3 is 0 Å². The molecule has 0 bridgehead atoms. The molecule has 2 saturated heterocycles. The van der Waals surface area contributed by atoms with Crippen LogP contribution < -0.4 is 0 Å². The Hall–Kier alpha value is -1.50. The molecule has 5 nitrogen and oxygen atoms in total.